The average Bonchev–Trinajstić information content (AvgIpc) is 2.81. The molecule has 1 aromatic carbocycles. The molecule has 6 heteroatoms. The van der Waals surface area contributed by atoms with Crippen LogP contribution in [0.2, 0.25) is 0 Å². The molecule has 0 saturated heterocycles. The molecule has 0 aliphatic rings. The van der Waals surface area contributed by atoms with E-state index in [0.717, 1.165) is 8.66 Å². The second kappa shape index (κ2) is 6.58. The van der Waals surface area contributed by atoms with Gasteiger partial charge in [-0.05, 0) is 40.2 Å². The van der Waals surface area contributed by atoms with Crippen molar-refractivity contribution < 1.29 is 9.53 Å². The molecule has 0 unspecified atom stereocenters. The van der Waals surface area contributed by atoms with Gasteiger partial charge in [-0.3, -0.25) is 4.79 Å². The molecule has 1 aromatic heterocycles. The van der Waals surface area contributed by atoms with Gasteiger partial charge in [0.25, 0.3) is 5.91 Å². The molecule has 2 aromatic rings. The molecule has 0 radical (unpaired) electrons. The van der Waals surface area contributed by atoms with Crippen molar-refractivity contribution in [3.63, 3.8) is 0 Å². The number of hydrogen-bond acceptors (Lipinski definition) is 4. The SMILES string of the molecule is Nc1ccccc1OCC(=O)NCc1ccc(Br)s1. The molecule has 0 aliphatic heterocycles. The molecule has 0 bridgehead atoms. The lowest BCUT2D eigenvalue weighted by molar-refractivity contribution is -0.123. The Labute approximate surface area is 123 Å². The fraction of sp³-hybridized carbons (Fsp3) is 0.154. The molecular weight excluding hydrogens is 328 g/mol. The summed E-state index contributed by atoms with van der Waals surface area (Å²) in [6.45, 7) is 0.462. The topological polar surface area (TPSA) is 64.3 Å². The molecule has 0 spiro atoms. The highest BCUT2D eigenvalue weighted by Gasteiger charge is 2.05. The third kappa shape index (κ3) is 4.25. The number of ether oxygens (including phenoxy) is 1. The van der Waals surface area contributed by atoms with Gasteiger partial charge in [0, 0.05) is 4.88 Å². The molecule has 0 atom stereocenters. The van der Waals surface area contributed by atoms with E-state index in [1.807, 2.05) is 24.3 Å². The molecule has 3 N–H and O–H groups in total. The molecule has 0 fully saturated rings. The van der Waals surface area contributed by atoms with Crippen LogP contribution in [-0.2, 0) is 11.3 Å². The third-order valence-corrected chi connectivity index (χ3v) is 3.99. The number of carbonyl (C=O) groups is 1. The molecule has 4 nitrogen and oxygen atoms in total. The van der Waals surface area contributed by atoms with E-state index < -0.39 is 0 Å². The highest BCUT2D eigenvalue weighted by atomic mass is 79.9. The summed E-state index contributed by atoms with van der Waals surface area (Å²) in [6.07, 6.45) is 0. The van der Waals surface area contributed by atoms with Crippen LogP contribution in [0.3, 0.4) is 0 Å². The van der Waals surface area contributed by atoms with Crippen LogP contribution in [0.5, 0.6) is 5.75 Å². The average molecular weight is 341 g/mol. The number of nitrogen functional groups attached to an aromatic ring is 1. The van der Waals surface area contributed by atoms with Gasteiger partial charge in [0.05, 0.1) is 16.0 Å². The van der Waals surface area contributed by atoms with Gasteiger partial charge in [-0.2, -0.15) is 0 Å². The van der Waals surface area contributed by atoms with Crippen LogP contribution in [0.1, 0.15) is 4.88 Å². The Morgan fingerprint density at radius 1 is 1.32 bits per heavy atom. The van der Waals surface area contributed by atoms with E-state index in [-0.39, 0.29) is 12.5 Å². The van der Waals surface area contributed by atoms with Gasteiger partial charge in [0.2, 0.25) is 0 Å². The fourth-order valence-corrected chi connectivity index (χ4v) is 2.86. The van der Waals surface area contributed by atoms with Crippen molar-refractivity contribution in [2.45, 2.75) is 6.54 Å². The van der Waals surface area contributed by atoms with E-state index in [0.29, 0.717) is 18.0 Å². The number of amides is 1. The first-order valence-corrected chi connectivity index (χ1v) is 7.24. The number of hydrogen-bond donors (Lipinski definition) is 2. The molecule has 100 valence electrons. The zero-order valence-corrected chi connectivity index (χ0v) is 12.5. The largest absolute Gasteiger partial charge is 0.482 e. The van der Waals surface area contributed by atoms with Crippen LogP contribution in [0.25, 0.3) is 0 Å². The molecular formula is C13H13BrN2O2S. The highest BCUT2D eigenvalue weighted by molar-refractivity contribution is 9.11. The monoisotopic (exact) mass is 340 g/mol. The van der Waals surface area contributed by atoms with E-state index in [9.17, 15) is 4.79 Å². The minimum Gasteiger partial charge on any atom is -0.482 e. The maximum Gasteiger partial charge on any atom is 0.258 e. The van der Waals surface area contributed by atoms with Crippen LogP contribution in [-0.4, -0.2) is 12.5 Å². The lowest BCUT2D eigenvalue weighted by atomic mass is 10.3. The lowest BCUT2D eigenvalue weighted by Crippen LogP contribution is -2.28. The van der Waals surface area contributed by atoms with Gasteiger partial charge >= 0.3 is 0 Å². The number of nitrogens with two attached hydrogens (primary N) is 1. The van der Waals surface area contributed by atoms with Gasteiger partial charge in [0.15, 0.2) is 6.61 Å². The Bertz CT molecular complexity index is 571. The Balaban J connectivity index is 1.77. The number of anilines is 1. The fourth-order valence-electron chi connectivity index (χ4n) is 1.44. The number of halogens is 1. The van der Waals surface area contributed by atoms with Gasteiger partial charge in [0.1, 0.15) is 5.75 Å². The first-order valence-electron chi connectivity index (χ1n) is 5.63. The van der Waals surface area contributed by atoms with Crippen molar-refractivity contribution in [1.29, 1.82) is 0 Å². The van der Waals surface area contributed by atoms with Crippen molar-refractivity contribution in [2.24, 2.45) is 0 Å². The van der Waals surface area contributed by atoms with E-state index >= 15 is 0 Å². The zero-order chi connectivity index (χ0) is 13.7. The van der Waals surface area contributed by atoms with Crippen molar-refractivity contribution in [1.82, 2.24) is 5.32 Å². The summed E-state index contributed by atoms with van der Waals surface area (Å²) in [6, 6.07) is 11.0. The van der Waals surface area contributed by atoms with Crippen molar-refractivity contribution in [3.8, 4) is 5.75 Å². The number of thiophene rings is 1. The number of carbonyl (C=O) groups excluding carboxylic acids is 1. The molecule has 1 heterocycles. The Kier molecular flexibility index (Phi) is 4.81. The first kappa shape index (κ1) is 13.9. The van der Waals surface area contributed by atoms with Gasteiger partial charge in [-0.15, -0.1) is 11.3 Å². The van der Waals surface area contributed by atoms with Crippen LogP contribution in [0.4, 0.5) is 5.69 Å². The maximum atomic E-state index is 11.6. The van der Waals surface area contributed by atoms with E-state index in [1.165, 1.54) is 0 Å². The Morgan fingerprint density at radius 3 is 2.79 bits per heavy atom. The molecule has 0 aliphatic carbocycles. The summed E-state index contributed by atoms with van der Waals surface area (Å²) in [7, 11) is 0. The summed E-state index contributed by atoms with van der Waals surface area (Å²) in [4.78, 5) is 12.7. The van der Waals surface area contributed by atoms with Gasteiger partial charge in [-0.1, -0.05) is 12.1 Å². The minimum atomic E-state index is -0.173. The van der Waals surface area contributed by atoms with Crippen molar-refractivity contribution >= 4 is 38.9 Å². The first-order chi connectivity index (χ1) is 9.15. The predicted octanol–water partition coefficient (Wildman–Crippen LogP) is 2.79. The second-order valence-electron chi connectivity index (χ2n) is 3.81. The normalized spacial score (nSPS) is 10.2. The van der Waals surface area contributed by atoms with Gasteiger partial charge < -0.3 is 15.8 Å². The highest BCUT2D eigenvalue weighted by Crippen LogP contribution is 2.22. The number of para-hydroxylation sites is 2. The third-order valence-electron chi connectivity index (χ3n) is 2.37. The summed E-state index contributed by atoms with van der Waals surface area (Å²) in [5, 5.41) is 2.79. The van der Waals surface area contributed by atoms with E-state index in [2.05, 4.69) is 21.2 Å². The number of benzene rings is 1. The zero-order valence-electron chi connectivity index (χ0n) is 10.1. The van der Waals surface area contributed by atoms with Crippen molar-refractivity contribution in [3.05, 3.63) is 45.1 Å². The van der Waals surface area contributed by atoms with E-state index in [4.69, 9.17) is 10.5 Å². The Morgan fingerprint density at radius 2 is 2.11 bits per heavy atom. The summed E-state index contributed by atoms with van der Waals surface area (Å²) >= 11 is 4.96. The summed E-state index contributed by atoms with van der Waals surface area (Å²) < 4.78 is 6.40. The van der Waals surface area contributed by atoms with Crippen LogP contribution < -0.4 is 15.8 Å². The smallest absolute Gasteiger partial charge is 0.258 e. The van der Waals surface area contributed by atoms with Gasteiger partial charge in [-0.25, -0.2) is 0 Å². The van der Waals surface area contributed by atoms with Crippen LogP contribution >= 0.6 is 27.3 Å². The van der Waals surface area contributed by atoms with Crippen LogP contribution in [0.15, 0.2) is 40.2 Å². The molecule has 19 heavy (non-hydrogen) atoms. The lowest BCUT2D eigenvalue weighted by Gasteiger charge is -2.08. The maximum absolute atomic E-state index is 11.6. The summed E-state index contributed by atoms with van der Waals surface area (Å²) in [5.41, 5.74) is 6.24. The van der Waals surface area contributed by atoms with Crippen molar-refractivity contribution in [2.75, 3.05) is 12.3 Å². The number of rotatable bonds is 5. The number of nitrogens with one attached hydrogen (secondary N) is 1. The minimum absolute atomic E-state index is 0.0409. The molecule has 2 rings (SSSR count). The second-order valence-corrected chi connectivity index (χ2v) is 6.36. The van der Waals surface area contributed by atoms with E-state index in [1.54, 1.807) is 23.5 Å². The quantitative estimate of drug-likeness (QED) is 0.822. The molecule has 1 amide bonds. The summed E-state index contributed by atoms with van der Waals surface area (Å²) in [5.74, 6) is 0.351. The molecule has 0 saturated carbocycles. The standard InChI is InChI=1S/C13H13BrN2O2S/c14-12-6-5-9(19-12)7-16-13(17)8-18-11-4-2-1-3-10(11)15/h1-6H,7-8,15H2,(H,16,17). The van der Waals surface area contributed by atoms with Crippen LogP contribution in [0, 0.1) is 0 Å². The predicted molar refractivity (Wildman–Crippen MR) is 80.2 cm³/mol. The Hall–Kier alpha value is -1.53.